The van der Waals surface area contributed by atoms with Gasteiger partial charge in [-0.15, -0.1) is 0 Å². The summed E-state index contributed by atoms with van der Waals surface area (Å²) in [6, 6.07) is 7.29. The van der Waals surface area contributed by atoms with Crippen LogP contribution < -0.4 is 5.32 Å². The van der Waals surface area contributed by atoms with E-state index in [0.29, 0.717) is 5.69 Å². The minimum Gasteiger partial charge on any atom is -0.325 e. The number of halogens is 3. The smallest absolute Gasteiger partial charge is 0.229 e. The van der Waals surface area contributed by atoms with Crippen molar-refractivity contribution in [2.75, 3.05) is 5.32 Å². The van der Waals surface area contributed by atoms with E-state index >= 15 is 0 Å². The zero-order chi connectivity index (χ0) is 15.6. The van der Waals surface area contributed by atoms with Crippen LogP contribution in [0.15, 0.2) is 34.8 Å². The van der Waals surface area contributed by atoms with Crippen LogP contribution in [0.4, 0.5) is 14.5 Å². The van der Waals surface area contributed by atoms with Gasteiger partial charge in [0.2, 0.25) is 5.91 Å². The van der Waals surface area contributed by atoms with Crippen molar-refractivity contribution >= 4 is 27.5 Å². The van der Waals surface area contributed by atoms with Gasteiger partial charge in [0.25, 0.3) is 0 Å². The number of carbonyl (C=O) groups is 1. The first kappa shape index (κ1) is 15.6. The van der Waals surface area contributed by atoms with Gasteiger partial charge in [0.1, 0.15) is 11.6 Å². The van der Waals surface area contributed by atoms with Crippen molar-refractivity contribution in [1.82, 2.24) is 0 Å². The van der Waals surface area contributed by atoms with Gasteiger partial charge >= 0.3 is 0 Å². The second-order valence-electron chi connectivity index (χ2n) is 4.84. The summed E-state index contributed by atoms with van der Waals surface area (Å²) < 4.78 is 28.0. The van der Waals surface area contributed by atoms with Gasteiger partial charge < -0.3 is 5.32 Å². The van der Waals surface area contributed by atoms with Crippen LogP contribution >= 0.6 is 15.9 Å². The fourth-order valence-electron chi connectivity index (χ4n) is 2.15. The highest BCUT2D eigenvalue weighted by Crippen LogP contribution is 2.25. The van der Waals surface area contributed by atoms with E-state index < -0.39 is 17.5 Å². The average molecular weight is 354 g/mol. The first-order chi connectivity index (χ1) is 9.88. The van der Waals surface area contributed by atoms with Gasteiger partial charge in [0, 0.05) is 15.7 Å². The van der Waals surface area contributed by atoms with E-state index in [0.717, 1.165) is 27.7 Å². The van der Waals surface area contributed by atoms with Gasteiger partial charge in [-0.3, -0.25) is 4.79 Å². The summed E-state index contributed by atoms with van der Waals surface area (Å²) in [7, 11) is 0. The number of anilines is 1. The fraction of sp³-hybridized carbons (Fsp3) is 0.188. The van der Waals surface area contributed by atoms with Crippen molar-refractivity contribution in [2.45, 2.75) is 20.3 Å². The van der Waals surface area contributed by atoms with E-state index in [1.54, 1.807) is 0 Å². The summed E-state index contributed by atoms with van der Waals surface area (Å²) in [5, 5.41) is 2.72. The van der Waals surface area contributed by atoms with Crippen molar-refractivity contribution in [3.63, 3.8) is 0 Å². The number of benzene rings is 2. The maximum absolute atomic E-state index is 13.5. The van der Waals surface area contributed by atoms with Gasteiger partial charge in [-0.1, -0.05) is 22.0 Å². The molecular formula is C16H14BrF2NO. The molecular weight excluding hydrogens is 340 g/mol. The van der Waals surface area contributed by atoms with Gasteiger partial charge in [0.15, 0.2) is 0 Å². The largest absolute Gasteiger partial charge is 0.325 e. The van der Waals surface area contributed by atoms with Crippen molar-refractivity contribution in [2.24, 2.45) is 0 Å². The molecule has 5 heteroatoms. The van der Waals surface area contributed by atoms with Crippen LogP contribution in [0.25, 0.3) is 0 Å². The zero-order valence-electron chi connectivity index (χ0n) is 11.6. The lowest BCUT2D eigenvalue weighted by Gasteiger charge is -2.13. The molecule has 0 aromatic heterocycles. The predicted molar refractivity (Wildman–Crippen MR) is 82.3 cm³/mol. The molecule has 0 fully saturated rings. The van der Waals surface area contributed by atoms with Crippen LogP contribution in [0.3, 0.4) is 0 Å². The van der Waals surface area contributed by atoms with E-state index in [1.165, 1.54) is 6.07 Å². The third-order valence-corrected chi connectivity index (χ3v) is 3.62. The molecule has 0 aliphatic carbocycles. The third-order valence-electron chi connectivity index (χ3n) is 3.16. The van der Waals surface area contributed by atoms with Gasteiger partial charge in [-0.2, -0.15) is 0 Å². The van der Waals surface area contributed by atoms with Crippen LogP contribution in [0.5, 0.6) is 0 Å². The quantitative estimate of drug-likeness (QED) is 0.863. The Morgan fingerprint density at radius 1 is 1.14 bits per heavy atom. The molecule has 0 aliphatic rings. The SMILES string of the molecule is Cc1cc(Br)cc(C)c1NC(=O)Cc1c(F)cccc1F. The molecule has 0 saturated heterocycles. The molecule has 2 rings (SSSR count). The average Bonchev–Trinajstić information content (AvgIpc) is 2.38. The normalized spacial score (nSPS) is 10.5. The molecule has 0 unspecified atom stereocenters. The molecule has 0 saturated carbocycles. The molecule has 21 heavy (non-hydrogen) atoms. The Hall–Kier alpha value is -1.75. The Morgan fingerprint density at radius 3 is 2.19 bits per heavy atom. The minimum atomic E-state index is -0.714. The Bertz CT molecular complexity index is 657. The summed E-state index contributed by atoms with van der Waals surface area (Å²) in [4.78, 5) is 12.0. The van der Waals surface area contributed by atoms with Crippen molar-refractivity contribution in [3.8, 4) is 0 Å². The predicted octanol–water partition coefficient (Wildman–Crippen LogP) is 4.53. The third kappa shape index (κ3) is 3.67. The Morgan fingerprint density at radius 2 is 1.67 bits per heavy atom. The number of carbonyl (C=O) groups excluding carboxylic acids is 1. The first-order valence-corrected chi connectivity index (χ1v) is 7.17. The second-order valence-corrected chi connectivity index (χ2v) is 5.76. The second kappa shape index (κ2) is 6.35. The lowest BCUT2D eigenvalue weighted by molar-refractivity contribution is -0.115. The molecule has 0 bridgehead atoms. The Labute approximate surface area is 130 Å². The van der Waals surface area contributed by atoms with E-state index in [1.807, 2.05) is 26.0 Å². The molecule has 0 heterocycles. The van der Waals surface area contributed by atoms with Gasteiger partial charge in [-0.25, -0.2) is 8.78 Å². The van der Waals surface area contributed by atoms with Crippen LogP contribution in [0.2, 0.25) is 0 Å². The van der Waals surface area contributed by atoms with Crippen LogP contribution in [0, 0.1) is 25.5 Å². The molecule has 1 amide bonds. The molecule has 110 valence electrons. The number of hydrogen-bond donors (Lipinski definition) is 1. The van der Waals surface area contributed by atoms with E-state index in [2.05, 4.69) is 21.2 Å². The summed E-state index contributed by atoms with van der Waals surface area (Å²) >= 11 is 3.37. The standard InChI is InChI=1S/C16H14BrF2NO/c1-9-6-11(17)7-10(2)16(9)20-15(21)8-12-13(18)4-3-5-14(12)19/h3-7H,8H2,1-2H3,(H,20,21). The summed E-state index contributed by atoms with van der Waals surface area (Å²) in [6.07, 6.45) is -0.340. The zero-order valence-corrected chi connectivity index (χ0v) is 13.2. The molecule has 0 aliphatic heterocycles. The molecule has 2 aromatic carbocycles. The highest BCUT2D eigenvalue weighted by atomic mass is 79.9. The maximum Gasteiger partial charge on any atom is 0.229 e. The Balaban J connectivity index is 2.20. The number of hydrogen-bond acceptors (Lipinski definition) is 1. The van der Waals surface area contributed by atoms with Gasteiger partial charge in [-0.05, 0) is 49.2 Å². The topological polar surface area (TPSA) is 29.1 Å². The minimum absolute atomic E-state index is 0.220. The fourth-order valence-corrected chi connectivity index (χ4v) is 2.84. The molecule has 2 aromatic rings. The highest BCUT2D eigenvalue weighted by Gasteiger charge is 2.14. The van der Waals surface area contributed by atoms with Gasteiger partial charge in [0.05, 0.1) is 6.42 Å². The highest BCUT2D eigenvalue weighted by molar-refractivity contribution is 9.10. The number of aryl methyl sites for hydroxylation is 2. The van der Waals surface area contributed by atoms with E-state index in [4.69, 9.17) is 0 Å². The van der Waals surface area contributed by atoms with E-state index in [-0.39, 0.29) is 12.0 Å². The number of amides is 1. The lowest BCUT2D eigenvalue weighted by Crippen LogP contribution is -2.17. The Kier molecular flexibility index (Phi) is 4.73. The van der Waals surface area contributed by atoms with E-state index in [9.17, 15) is 13.6 Å². The van der Waals surface area contributed by atoms with Crippen LogP contribution in [0.1, 0.15) is 16.7 Å². The molecule has 2 nitrogen and oxygen atoms in total. The molecule has 0 spiro atoms. The monoisotopic (exact) mass is 353 g/mol. The summed E-state index contributed by atoms with van der Waals surface area (Å²) in [5.41, 5.74) is 2.20. The molecule has 0 atom stereocenters. The lowest BCUT2D eigenvalue weighted by atomic mass is 10.1. The van der Waals surface area contributed by atoms with Crippen molar-refractivity contribution in [1.29, 1.82) is 0 Å². The van der Waals surface area contributed by atoms with Crippen LogP contribution in [-0.4, -0.2) is 5.91 Å². The number of nitrogens with one attached hydrogen (secondary N) is 1. The molecule has 1 N–H and O–H groups in total. The van der Waals surface area contributed by atoms with Crippen molar-refractivity contribution < 1.29 is 13.6 Å². The first-order valence-electron chi connectivity index (χ1n) is 6.38. The summed E-state index contributed by atoms with van der Waals surface area (Å²) in [5.74, 6) is -1.88. The maximum atomic E-state index is 13.5. The summed E-state index contributed by atoms with van der Waals surface area (Å²) in [6.45, 7) is 3.72. The molecule has 0 radical (unpaired) electrons. The van der Waals surface area contributed by atoms with Crippen LogP contribution in [-0.2, 0) is 11.2 Å². The number of rotatable bonds is 3. The van der Waals surface area contributed by atoms with Crippen molar-refractivity contribution in [3.05, 3.63) is 63.1 Å².